The summed E-state index contributed by atoms with van der Waals surface area (Å²) in [6.07, 6.45) is 0.531. The van der Waals surface area contributed by atoms with Crippen molar-refractivity contribution in [2.45, 2.75) is 0 Å². The highest BCUT2D eigenvalue weighted by molar-refractivity contribution is 6.29. The predicted molar refractivity (Wildman–Crippen MR) is 71.4 cm³/mol. The Hall–Kier alpha value is -2.40. The summed E-state index contributed by atoms with van der Waals surface area (Å²) in [7, 11) is 0. The van der Waals surface area contributed by atoms with E-state index in [2.05, 4.69) is 9.97 Å². The number of rotatable bonds is 1. The number of hydrogen-bond donors (Lipinski definition) is 1. The van der Waals surface area contributed by atoms with Crippen LogP contribution >= 0.6 is 11.6 Å². The van der Waals surface area contributed by atoms with Gasteiger partial charge in [-0.15, -0.1) is 0 Å². The minimum absolute atomic E-state index is 0.313. The summed E-state index contributed by atoms with van der Waals surface area (Å²) in [5.74, 6) is 0. The zero-order valence-electron chi connectivity index (χ0n) is 9.62. The van der Waals surface area contributed by atoms with Gasteiger partial charge in [-0.25, -0.2) is 14.3 Å². The van der Waals surface area contributed by atoms with Crippen LogP contribution in [-0.4, -0.2) is 25.7 Å². The third-order valence-electron chi connectivity index (χ3n) is 2.74. The van der Waals surface area contributed by atoms with Crippen molar-refractivity contribution in [1.29, 1.82) is 0 Å². The largest absolute Gasteiger partial charge is 0.464 e. The lowest BCUT2D eigenvalue weighted by Gasteiger charge is -2.04. The summed E-state index contributed by atoms with van der Waals surface area (Å²) in [6, 6.07) is 10.1. The second-order valence-electron chi connectivity index (χ2n) is 3.90. The van der Waals surface area contributed by atoms with Crippen molar-refractivity contribution in [3.8, 4) is 11.4 Å². The minimum atomic E-state index is -1.08. The molecule has 0 spiro atoms. The average molecular weight is 274 g/mol. The van der Waals surface area contributed by atoms with Crippen LogP contribution in [0.3, 0.4) is 0 Å². The Labute approximate surface area is 113 Å². The first-order valence-corrected chi connectivity index (χ1v) is 5.87. The van der Waals surface area contributed by atoms with Crippen LogP contribution in [0.1, 0.15) is 0 Å². The monoisotopic (exact) mass is 273 g/mol. The maximum atomic E-state index is 11.4. The quantitative estimate of drug-likeness (QED) is 0.691. The molecule has 0 aromatic carbocycles. The minimum Gasteiger partial charge on any atom is -0.464 e. The molecule has 3 rings (SSSR count). The van der Waals surface area contributed by atoms with E-state index in [1.165, 1.54) is 0 Å². The Balaban J connectivity index is 2.34. The second-order valence-corrected chi connectivity index (χ2v) is 4.29. The van der Waals surface area contributed by atoms with Crippen molar-refractivity contribution in [1.82, 2.24) is 14.5 Å². The Morgan fingerprint density at radius 3 is 2.84 bits per heavy atom. The first-order chi connectivity index (χ1) is 9.16. The standard InChI is InChI=1S/C13H8ClN3O2/c14-12-5-1-3-8(16-12)11-7-9-10(4-2-6-15-9)17(11)13(18)19/h1-7H,(H,18,19). The number of pyridine rings is 2. The van der Waals surface area contributed by atoms with E-state index in [0.29, 0.717) is 27.6 Å². The van der Waals surface area contributed by atoms with Gasteiger partial charge < -0.3 is 5.11 Å². The highest BCUT2D eigenvalue weighted by atomic mass is 35.5. The molecule has 0 amide bonds. The van der Waals surface area contributed by atoms with Gasteiger partial charge in [-0.05, 0) is 30.3 Å². The number of carboxylic acid groups (broad SMARTS) is 1. The van der Waals surface area contributed by atoms with Gasteiger partial charge in [0.1, 0.15) is 5.15 Å². The molecule has 0 saturated heterocycles. The fourth-order valence-corrected chi connectivity index (χ4v) is 2.14. The molecule has 0 aliphatic carbocycles. The van der Waals surface area contributed by atoms with Crippen LogP contribution in [0.15, 0.2) is 42.6 Å². The van der Waals surface area contributed by atoms with E-state index in [1.807, 2.05) is 0 Å². The molecule has 0 radical (unpaired) electrons. The summed E-state index contributed by atoms with van der Waals surface area (Å²) in [5, 5.41) is 9.67. The molecular weight excluding hydrogens is 266 g/mol. The molecule has 19 heavy (non-hydrogen) atoms. The van der Waals surface area contributed by atoms with Crippen LogP contribution in [0.5, 0.6) is 0 Å². The third-order valence-corrected chi connectivity index (χ3v) is 2.95. The summed E-state index contributed by atoms with van der Waals surface area (Å²) in [4.78, 5) is 19.7. The summed E-state index contributed by atoms with van der Waals surface area (Å²) < 4.78 is 1.15. The summed E-state index contributed by atoms with van der Waals surface area (Å²) in [5.41, 5.74) is 2.06. The lowest BCUT2D eigenvalue weighted by atomic mass is 10.3. The Bertz CT molecular complexity index is 782. The molecule has 0 bridgehead atoms. The van der Waals surface area contributed by atoms with E-state index in [9.17, 15) is 9.90 Å². The first-order valence-electron chi connectivity index (χ1n) is 5.49. The van der Waals surface area contributed by atoms with Crippen molar-refractivity contribution < 1.29 is 9.90 Å². The smallest absolute Gasteiger partial charge is 0.416 e. The van der Waals surface area contributed by atoms with Crippen LogP contribution in [0, 0.1) is 0 Å². The van der Waals surface area contributed by atoms with E-state index in [-0.39, 0.29) is 0 Å². The van der Waals surface area contributed by atoms with Gasteiger partial charge in [0.15, 0.2) is 0 Å². The molecule has 0 unspecified atom stereocenters. The van der Waals surface area contributed by atoms with Gasteiger partial charge in [0.2, 0.25) is 0 Å². The number of hydrogen-bond acceptors (Lipinski definition) is 3. The molecule has 0 fully saturated rings. The average Bonchev–Trinajstić information content (AvgIpc) is 2.78. The molecule has 3 heterocycles. The van der Waals surface area contributed by atoms with E-state index < -0.39 is 6.09 Å². The van der Waals surface area contributed by atoms with Gasteiger partial charge in [-0.2, -0.15) is 0 Å². The van der Waals surface area contributed by atoms with Crippen molar-refractivity contribution in [3.05, 3.63) is 47.7 Å². The lowest BCUT2D eigenvalue weighted by molar-refractivity contribution is 0.198. The number of nitrogens with zero attached hydrogens (tertiary/aromatic N) is 3. The normalized spacial score (nSPS) is 10.8. The maximum Gasteiger partial charge on any atom is 0.416 e. The molecule has 1 N–H and O–H groups in total. The van der Waals surface area contributed by atoms with Crippen LogP contribution in [0.4, 0.5) is 4.79 Å². The Morgan fingerprint density at radius 1 is 1.26 bits per heavy atom. The molecule has 3 aromatic rings. The zero-order chi connectivity index (χ0) is 13.4. The molecular formula is C13H8ClN3O2. The van der Waals surface area contributed by atoms with Crippen molar-refractivity contribution in [2.24, 2.45) is 0 Å². The third kappa shape index (κ3) is 1.94. The number of carbonyl (C=O) groups is 1. The van der Waals surface area contributed by atoms with E-state index in [4.69, 9.17) is 11.6 Å². The number of fused-ring (bicyclic) bond motifs is 1. The number of halogens is 1. The fourth-order valence-electron chi connectivity index (χ4n) is 1.98. The Kier molecular flexibility index (Phi) is 2.68. The van der Waals surface area contributed by atoms with Gasteiger partial charge in [0.25, 0.3) is 0 Å². The molecule has 5 nitrogen and oxygen atoms in total. The molecule has 94 valence electrons. The van der Waals surface area contributed by atoms with E-state index >= 15 is 0 Å². The topological polar surface area (TPSA) is 68.0 Å². The van der Waals surface area contributed by atoms with Crippen LogP contribution in [0.2, 0.25) is 5.15 Å². The lowest BCUT2D eigenvalue weighted by Crippen LogP contribution is -2.09. The molecule has 0 atom stereocenters. The molecule has 6 heteroatoms. The van der Waals surface area contributed by atoms with Gasteiger partial charge in [-0.1, -0.05) is 17.7 Å². The second kappa shape index (κ2) is 4.37. The van der Waals surface area contributed by atoms with E-state index in [0.717, 1.165) is 4.57 Å². The fraction of sp³-hybridized carbons (Fsp3) is 0. The van der Waals surface area contributed by atoms with Crippen LogP contribution in [-0.2, 0) is 0 Å². The molecule has 3 aromatic heterocycles. The molecule has 0 aliphatic rings. The molecule has 0 aliphatic heterocycles. The van der Waals surface area contributed by atoms with Crippen LogP contribution in [0.25, 0.3) is 22.4 Å². The maximum absolute atomic E-state index is 11.4. The summed E-state index contributed by atoms with van der Waals surface area (Å²) in [6.45, 7) is 0. The molecule has 0 saturated carbocycles. The van der Waals surface area contributed by atoms with Gasteiger partial charge in [0, 0.05) is 6.20 Å². The zero-order valence-corrected chi connectivity index (χ0v) is 10.4. The van der Waals surface area contributed by atoms with Gasteiger partial charge in [0.05, 0.1) is 22.4 Å². The van der Waals surface area contributed by atoms with Crippen molar-refractivity contribution >= 4 is 28.7 Å². The Morgan fingerprint density at radius 2 is 2.11 bits per heavy atom. The highest BCUT2D eigenvalue weighted by Gasteiger charge is 2.16. The van der Waals surface area contributed by atoms with Crippen molar-refractivity contribution in [3.63, 3.8) is 0 Å². The highest BCUT2D eigenvalue weighted by Crippen LogP contribution is 2.26. The SMILES string of the molecule is O=C(O)n1c(-c2cccc(Cl)n2)cc2ncccc21. The number of aromatic nitrogens is 3. The van der Waals surface area contributed by atoms with Gasteiger partial charge in [-0.3, -0.25) is 4.98 Å². The van der Waals surface area contributed by atoms with Gasteiger partial charge >= 0.3 is 6.09 Å². The first kappa shape index (κ1) is 11.7. The van der Waals surface area contributed by atoms with E-state index in [1.54, 1.807) is 42.6 Å². The van der Waals surface area contributed by atoms with Crippen LogP contribution < -0.4 is 0 Å². The predicted octanol–water partition coefficient (Wildman–Crippen LogP) is 3.28. The van der Waals surface area contributed by atoms with Crippen molar-refractivity contribution in [2.75, 3.05) is 0 Å². The summed E-state index contributed by atoms with van der Waals surface area (Å²) >= 11 is 5.84.